The predicted octanol–water partition coefficient (Wildman–Crippen LogP) is 5.27. The molecule has 1 aromatic heterocycles. The number of rotatable bonds is 7. The molecule has 1 N–H and O–H groups in total. The number of hydrogen-bond acceptors (Lipinski definition) is 5. The molecule has 8 heteroatoms. The first kappa shape index (κ1) is 24.5. The molecule has 1 atom stereocenters. The maximum absolute atomic E-state index is 13.9. The molecule has 4 aromatic rings. The Balaban J connectivity index is 1.89. The number of ether oxygens (including phenoxy) is 1. The smallest absolute Gasteiger partial charge is 0.279 e. The van der Waals surface area contributed by atoms with Gasteiger partial charge in [-0.2, -0.15) is 0 Å². The van der Waals surface area contributed by atoms with Gasteiger partial charge in [0.25, 0.3) is 11.8 Å². The molecule has 7 nitrogen and oxygen atoms in total. The summed E-state index contributed by atoms with van der Waals surface area (Å²) in [5.74, 6) is -0.895. The van der Waals surface area contributed by atoms with Gasteiger partial charge >= 0.3 is 0 Å². The number of methoxy groups -OCH3 is 1. The molecule has 0 radical (unpaired) electrons. The van der Waals surface area contributed by atoms with E-state index >= 15 is 0 Å². The first-order chi connectivity index (χ1) is 17.4. The maximum Gasteiger partial charge on any atom is 0.279 e. The van der Waals surface area contributed by atoms with E-state index in [1.165, 1.54) is 54.9 Å². The SMILES string of the molecule is COc1cccc(C(C(=O)Nc2ccc(F)cc2)N(C(=O)c2cnccn2)c2cc(C)cc(C)c2)c1. The van der Waals surface area contributed by atoms with Crippen LogP contribution in [0, 0.1) is 19.7 Å². The highest BCUT2D eigenvalue weighted by Crippen LogP contribution is 2.33. The Labute approximate surface area is 208 Å². The van der Waals surface area contributed by atoms with Crippen LogP contribution < -0.4 is 15.0 Å². The standard InChI is InChI=1S/C28H25FN4O3/c1-18-13-19(2)15-23(14-18)33(28(35)25-17-30-11-12-31-25)26(20-5-4-6-24(16-20)36-3)27(34)32-22-9-7-21(29)8-10-22/h4-17,26H,1-3H3,(H,32,34). The number of hydrogen-bond donors (Lipinski definition) is 1. The Hall–Kier alpha value is -4.59. The van der Waals surface area contributed by atoms with Crippen LogP contribution in [0.3, 0.4) is 0 Å². The van der Waals surface area contributed by atoms with Crippen LogP contribution in [-0.2, 0) is 4.79 Å². The lowest BCUT2D eigenvalue weighted by atomic mass is 10.0. The highest BCUT2D eigenvalue weighted by molar-refractivity contribution is 6.11. The van der Waals surface area contributed by atoms with Gasteiger partial charge < -0.3 is 10.1 Å². The molecule has 182 valence electrons. The number of amides is 2. The number of aromatic nitrogens is 2. The molecule has 0 saturated carbocycles. The molecule has 0 bridgehead atoms. The summed E-state index contributed by atoms with van der Waals surface area (Å²) in [5, 5.41) is 2.81. The fourth-order valence-electron chi connectivity index (χ4n) is 3.98. The second kappa shape index (κ2) is 10.8. The van der Waals surface area contributed by atoms with Crippen LogP contribution in [-0.4, -0.2) is 28.9 Å². The van der Waals surface area contributed by atoms with Crippen molar-refractivity contribution >= 4 is 23.2 Å². The average molecular weight is 485 g/mol. The molecule has 0 saturated heterocycles. The summed E-state index contributed by atoms with van der Waals surface area (Å²) in [4.78, 5) is 37.4. The van der Waals surface area contributed by atoms with Crippen molar-refractivity contribution in [3.63, 3.8) is 0 Å². The molecule has 36 heavy (non-hydrogen) atoms. The quantitative estimate of drug-likeness (QED) is 0.386. The number of halogens is 1. The summed E-state index contributed by atoms with van der Waals surface area (Å²) in [6.07, 6.45) is 4.25. The van der Waals surface area contributed by atoms with E-state index in [9.17, 15) is 14.0 Å². The van der Waals surface area contributed by atoms with Crippen molar-refractivity contribution in [3.05, 3.63) is 114 Å². The zero-order chi connectivity index (χ0) is 25.7. The number of anilines is 2. The number of carbonyl (C=O) groups is 2. The van der Waals surface area contributed by atoms with Crippen LogP contribution in [0.5, 0.6) is 5.75 Å². The van der Waals surface area contributed by atoms with Gasteiger partial charge in [-0.15, -0.1) is 0 Å². The summed E-state index contributed by atoms with van der Waals surface area (Å²) in [7, 11) is 1.53. The summed E-state index contributed by atoms with van der Waals surface area (Å²) < 4.78 is 18.8. The Morgan fingerprint density at radius 2 is 1.69 bits per heavy atom. The van der Waals surface area contributed by atoms with Crippen LogP contribution in [0.4, 0.5) is 15.8 Å². The first-order valence-electron chi connectivity index (χ1n) is 11.2. The molecule has 4 rings (SSSR count). The van der Waals surface area contributed by atoms with Crippen molar-refractivity contribution in [2.24, 2.45) is 0 Å². The van der Waals surface area contributed by atoms with Gasteiger partial charge in [-0.1, -0.05) is 18.2 Å². The minimum atomic E-state index is -1.11. The lowest BCUT2D eigenvalue weighted by molar-refractivity contribution is -0.117. The molecule has 1 unspecified atom stereocenters. The Morgan fingerprint density at radius 3 is 2.33 bits per heavy atom. The lowest BCUT2D eigenvalue weighted by Gasteiger charge is -2.32. The topological polar surface area (TPSA) is 84.4 Å². The van der Waals surface area contributed by atoms with E-state index in [1.807, 2.05) is 32.0 Å². The Morgan fingerprint density at radius 1 is 0.972 bits per heavy atom. The Kier molecular flexibility index (Phi) is 7.34. The fraction of sp³-hybridized carbons (Fsp3) is 0.143. The van der Waals surface area contributed by atoms with Crippen LogP contribution in [0.15, 0.2) is 85.3 Å². The molecule has 0 aliphatic carbocycles. The van der Waals surface area contributed by atoms with Crippen LogP contribution in [0.25, 0.3) is 0 Å². The van der Waals surface area contributed by atoms with Gasteiger partial charge in [0, 0.05) is 23.8 Å². The van der Waals surface area contributed by atoms with E-state index in [0.717, 1.165) is 11.1 Å². The number of carbonyl (C=O) groups excluding carboxylic acids is 2. The van der Waals surface area contributed by atoms with Crippen LogP contribution in [0.2, 0.25) is 0 Å². The largest absolute Gasteiger partial charge is 0.497 e. The van der Waals surface area contributed by atoms with Gasteiger partial charge in [-0.05, 0) is 79.1 Å². The maximum atomic E-state index is 13.9. The minimum absolute atomic E-state index is 0.0825. The third-order valence-corrected chi connectivity index (χ3v) is 5.51. The zero-order valence-corrected chi connectivity index (χ0v) is 20.1. The fourth-order valence-corrected chi connectivity index (χ4v) is 3.98. The summed E-state index contributed by atoms with van der Waals surface area (Å²) in [6.45, 7) is 3.83. The van der Waals surface area contributed by atoms with Crippen molar-refractivity contribution < 1.29 is 18.7 Å². The third-order valence-electron chi connectivity index (χ3n) is 5.51. The molecule has 2 amide bonds. The van der Waals surface area contributed by atoms with Crippen molar-refractivity contribution in [3.8, 4) is 5.75 Å². The van der Waals surface area contributed by atoms with Gasteiger partial charge in [0.05, 0.1) is 13.3 Å². The third kappa shape index (κ3) is 5.55. The molecular weight excluding hydrogens is 459 g/mol. The van der Waals surface area contributed by atoms with Gasteiger partial charge in [0.15, 0.2) is 0 Å². The van der Waals surface area contributed by atoms with Crippen molar-refractivity contribution in [2.75, 3.05) is 17.3 Å². The Bertz CT molecular complexity index is 1360. The zero-order valence-electron chi connectivity index (χ0n) is 20.1. The normalized spacial score (nSPS) is 11.4. The van der Waals surface area contributed by atoms with Gasteiger partial charge in [0.2, 0.25) is 0 Å². The lowest BCUT2D eigenvalue weighted by Crippen LogP contribution is -2.42. The molecule has 0 aliphatic rings. The number of benzene rings is 3. The van der Waals surface area contributed by atoms with Crippen LogP contribution >= 0.6 is 0 Å². The second-order valence-electron chi connectivity index (χ2n) is 8.29. The molecule has 3 aromatic carbocycles. The molecule has 0 spiro atoms. The van der Waals surface area contributed by atoms with Gasteiger partial charge in [0.1, 0.15) is 23.3 Å². The monoisotopic (exact) mass is 484 g/mol. The highest BCUT2D eigenvalue weighted by Gasteiger charge is 2.34. The van der Waals surface area contributed by atoms with Gasteiger partial charge in [-0.25, -0.2) is 9.37 Å². The van der Waals surface area contributed by atoms with Gasteiger partial charge in [-0.3, -0.25) is 19.5 Å². The highest BCUT2D eigenvalue weighted by atomic mass is 19.1. The summed E-state index contributed by atoms with van der Waals surface area (Å²) in [5.41, 5.74) is 3.35. The molecule has 0 aliphatic heterocycles. The van der Waals surface area contributed by atoms with E-state index in [4.69, 9.17) is 4.74 Å². The van der Waals surface area contributed by atoms with Crippen LogP contribution in [0.1, 0.15) is 33.2 Å². The molecular formula is C28H25FN4O3. The minimum Gasteiger partial charge on any atom is -0.497 e. The summed E-state index contributed by atoms with van der Waals surface area (Å²) >= 11 is 0. The molecule has 1 heterocycles. The second-order valence-corrected chi connectivity index (χ2v) is 8.29. The van der Waals surface area contributed by atoms with E-state index < -0.39 is 23.7 Å². The molecule has 0 fully saturated rings. The number of aryl methyl sites for hydroxylation is 2. The van der Waals surface area contributed by atoms with Crippen molar-refractivity contribution in [2.45, 2.75) is 19.9 Å². The summed E-state index contributed by atoms with van der Waals surface area (Å²) in [6, 6.07) is 16.9. The average Bonchev–Trinajstić information content (AvgIpc) is 2.88. The van der Waals surface area contributed by atoms with Crippen molar-refractivity contribution in [1.82, 2.24) is 9.97 Å². The predicted molar refractivity (Wildman–Crippen MR) is 136 cm³/mol. The number of nitrogens with zero attached hydrogens (tertiary/aromatic N) is 3. The van der Waals surface area contributed by atoms with E-state index in [2.05, 4.69) is 15.3 Å². The van der Waals surface area contributed by atoms with E-state index in [1.54, 1.807) is 24.3 Å². The first-order valence-corrected chi connectivity index (χ1v) is 11.2. The van der Waals surface area contributed by atoms with E-state index in [-0.39, 0.29) is 5.69 Å². The van der Waals surface area contributed by atoms with E-state index in [0.29, 0.717) is 22.7 Å². The van der Waals surface area contributed by atoms with Crippen molar-refractivity contribution in [1.29, 1.82) is 0 Å². The number of nitrogens with one attached hydrogen (secondary N) is 1.